The summed E-state index contributed by atoms with van der Waals surface area (Å²) in [6.07, 6.45) is 4.06. The summed E-state index contributed by atoms with van der Waals surface area (Å²) in [5.74, 6) is 0.360. The lowest BCUT2D eigenvalue weighted by Crippen LogP contribution is -2.36. The van der Waals surface area contributed by atoms with Crippen molar-refractivity contribution in [2.24, 2.45) is 0 Å². The molecule has 1 N–H and O–H groups in total. The molecule has 2 heterocycles. The molecule has 1 saturated heterocycles. The second-order valence-electron chi connectivity index (χ2n) is 5.96. The molecule has 0 atom stereocenters. The van der Waals surface area contributed by atoms with Crippen LogP contribution in [0.2, 0.25) is 0 Å². The van der Waals surface area contributed by atoms with E-state index >= 15 is 0 Å². The number of hydrogen-bond acceptors (Lipinski definition) is 4. The zero-order chi connectivity index (χ0) is 16.8. The van der Waals surface area contributed by atoms with E-state index < -0.39 is 0 Å². The van der Waals surface area contributed by atoms with Crippen LogP contribution in [0.5, 0.6) is 0 Å². The highest BCUT2D eigenvalue weighted by atomic mass is 19.1. The topological polar surface area (TPSA) is 58.1 Å². The molecule has 0 radical (unpaired) electrons. The van der Waals surface area contributed by atoms with Crippen molar-refractivity contribution in [1.29, 1.82) is 0 Å². The number of hydrogen-bond donors (Lipinski definition) is 1. The lowest BCUT2D eigenvalue weighted by Gasteiger charge is -2.26. The van der Waals surface area contributed by atoms with Crippen LogP contribution in [0.1, 0.15) is 35.3 Å². The zero-order valence-corrected chi connectivity index (χ0v) is 13.5. The molecule has 126 valence electrons. The summed E-state index contributed by atoms with van der Waals surface area (Å²) in [6.45, 7) is 2.27. The summed E-state index contributed by atoms with van der Waals surface area (Å²) in [6, 6.07) is 9.93. The molecule has 1 fully saturated rings. The Bertz CT molecular complexity index is 666. The maximum absolute atomic E-state index is 12.8. The van der Waals surface area contributed by atoms with Crippen molar-refractivity contribution in [2.75, 3.05) is 25.0 Å². The molecule has 3 rings (SSSR count). The Labute approximate surface area is 140 Å². The molecular formula is C18H21FN4O. The lowest BCUT2D eigenvalue weighted by molar-refractivity contribution is 0.0717. The van der Waals surface area contributed by atoms with Gasteiger partial charge in [-0.25, -0.2) is 4.39 Å². The van der Waals surface area contributed by atoms with E-state index in [1.54, 1.807) is 24.3 Å². The number of amides is 1. The molecule has 0 spiro atoms. The normalized spacial score (nSPS) is 14.5. The smallest absolute Gasteiger partial charge is 0.274 e. The SMILES string of the molecule is O=C(c1ccc(NCCc2ccc(F)cc2)nn1)N1CCCCC1. The van der Waals surface area contributed by atoms with Crippen LogP contribution in [-0.4, -0.2) is 40.6 Å². The van der Waals surface area contributed by atoms with Crippen LogP contribution < -0.4 is 5.32 Å². The monoisotopic (exact) mass is 328 g/mol. The molecule has 0 saturated carbocycles. The number of carbonyl (C=O) groups excluding carboxylic acids is 1. The number of nitrogens with zero attached hydrogens (tertiary/aromatic N) is 3. The van der Waals surface area contributed by atoms with Crippen molar-refractivity contribution in [3.8, 4) is 0 Å². The highest BCUT2D eigenvalue weighted by Gasteiger charge is 2.19. The van der Waals surface area contributed by atoms with Gasteiger partial charge in [-0.15, -0.1) is 10.2 Å². The Balaban J connectivity index is 1.50. The minimum absolute atomic E-state index is 0.0416. The average Bonchev–Trinajstić information content (AvgIpc) is 2.64. The van der Waals surface area contributed by atoms with E-state index in [1.807, 2.05) is 4.90 Å². The first kappa shape index (κ1) is 16.4. The van der Waals surface area contributed by atoms with Gasteiger partial charge in [0.05, 0.1) is 0 Å². The van der Waals surface area contributed by atoms with Gasteiger partial charge in [0.15, 0.2) is 5.69 Å². The first-order valence-electron chi connectivity index (χ1n) is 8.34. The molecule has 0 aliphatic carbocycles. The Hall–Kier alpha value is -2.50. The van der Waals surface area contributed by atoms with E-state index in [2.05, 4.69) is 15.5 Å². The van der Waals surface area contributed by atoms with Crippen LogP contribution in [0.3, 0.4) is 0 Å². The van der Waals surface area contributed by atoms with Gasteiger partial charge in [-0.05, 0) is 55.5 Å². The van der Waals surface area contributed by atoms with Crippen molar-refractivity contribution in [3.05, 3.63) is 53.5 Å². The number of likely N-dealkylation sites (tertiary alicyclic amines) is 1. The van der Waals surface area contributed by atoms with Gasteiger partial charge in [0.1, 0.15) is 11.6 Å². The van der Waals surface area contributed by atoms with E-state index in [0.29, 0.717) is 18.1 Å². The van der Waals surface area contributed by atoms with E-state index in [1.165, 1.54) is 18.6 Å². The summed E-state index contributed by atoms with van der Waals surface area (Å²) in [4.78, 5) is 14.2. The van der Waals surface area contributed by atoms with E-state index in [4.69, 9.17) is 0 Å². The van der Waals surface area contributed by atoms with E-state index in [0.717, 1.165) is 37.9 Å². The maximum Gasteiger partial charge on any atom is 0.274 e. The maximum atomic E-state index is 12.8. The molecule has 0 unspecified atom stereocenters. The molecule has 24 heavy (non-hydrogen) atoms. The third-order valence-electron chi connectivity index (χ3n) is 4.16. The van der Waals surface area contributed by atoms with Crippen molar-refractivity contribution in [3.63, 3.8) is 0 Å². The number of carbonyl (C=O) groups is 1. The summed E-state index contributed by atoms with van der Waals surface area (Å²) < 4.78 is 12.8. The number of halogens is 1. The molecule has 5 nitrogen and oxygen atoms in total. The van der Waals surface area contributed by atoms with Crippen molar-refractivity contribution < 1.29 is 9.18 Å². The fourth-order valence-electron chi connectivity index (χ4n) is 2.79. The number of anilines is 1. The summed E-state index contributed by atoms with van der Waals surface area (Å²) in [5, 5.41) is 11.3. The minimum atomic E-state index is -0.230. The molecule has 6 heteroatoms. The molecule has 1 aliphatic heterocycles. The highest BCUT2D eigenvalue weighted by Crippen LogP contribution is 2.12. The van der Waals surface area contributed by atoms with Gasteiger partial charge in [0.2, 0.25) is 0 Å². The lowest BCUT2D eigenvalue weighted by atomic mass is 10.1. The molecule has 1 aromatic carbocycles. The largest absolute Gasteiger partial charge is 0.368 e. The van der Waals surface area contributed by atoms with Crippen molar-refractivity contribution in [1.82, 2.24) is 15.1 Å². The van der Waals surface area contributed by atoms with Crippen LogP contribution in [0.25, 0.3) is 0 Å². The van der Waals surface area contributed by atoms with Crippen molar-refractivity contribution >= 4 is 11.7 Å². The second kappa shape index (κ2) is 7.86. The minimum Gasteiger partial charge on any atom is -0.368 e. The van der Waals surface area contributed by atoms with Crippen LogP contribution in [0.15, 0.2) is 36.4 Å². The average molecular weight is 328 g/mol. The number of aromatic nitrogens is 2. The predicted octanol–water partition coefficient (Wildman–Crippen LogP) is 2.90. The number of nitrogens with one attached hydrogen (secondary N) is 1. The van der Waals surface area contributed by atoms with Gasteiger partial charge in [-0.3, -0.25) is 4.79 Å². The fourth-order valence-corrected chi connectivity index (χ4v) is 2.79. The molecule has 2 aromatic rings. The Morgan fingerprint density at radius 3 is 2.46 bits per heavy atom. The van der Waals surface area contributed by atoms with E-state index in [9.17, 15) is 9.18 Å². The first-order valence-corrected chi connectivity index (χ1v) is 8.34. The highest BCUT2D eigenvalue weighted by molar-refractivity contribution is 5.92. The summed E-state index contributed by atoms with van der Waals surface area (Å²) in [5.41, 5.74) is 1.44. The number of piperidine rings is 1. The van der Waals surface area contributed by atoms with Crippen LogP contribution in [-0.2, 0) is 6.42 Å². The molecule has 1 aromatic heterocycles. The van der Waals surface area contributed by atoms with Crippen molar-refractivity contribution in [2.45, 2.75) is 25.7 Å². The number of benzene rings is 1. The van der Waals surface area contributed by atoms with Gasteiger partial charge in [-0.2, -0.15) is 0 Å². The summed E-state index contributed by atoms with van der Waals surface area (Å²) in [7, 11) is 0. The molecule has 1 aliphatic rings. The molecule has 1 amide bonds. The zero-order valence-electron chi connectivity index (χ0n) is 13.5. The molecule has 0 bridgehead atoms. The third-order valence-corrected chi connectivity index (χ3v) is 4.16. The van der Waals surface area contributed by atoms with Crippen LogP contribution in [0, 0.1) is 5.82 Å². The Kier molecular flexibility index (Phi) is 5.36. The predicted molar refractivity (Wildman–Crippen MR) is 90.4 cm³/mol. The van der Waals surface area contributed by atoms with E-state index in [-0.39, 0.29) is 11.7 Å². The van der Waals surface area contributed by atoms with Crippen LogP contribution in [0.4, 0.5) is 10.2 Å². The van der Waals surface area contributed by atoms with Gasteiger partial charge in [0, 0.05) is 19.6 Å². The number of rotatable bonds is 5. The molecular weight excluding hydrogens is 307 g/mol. The third kappa shape index (κ3) is 4.28. The van der Waals surface area contributed by atoms with Gasteiger partial charge >= 0.3 is 0 Å². The Morgan fingerprint density at radius 1 is 1.04 bits per heavy atom. The quantitative estimate of drug-likeness (QED) is 0.917. The van der Waals surface area contributed by atoms with Gasteiger partial charge in [0.25, 0.3) is 5.91 Å². The van der Waals surface area contributed by atoms with Gasteiger partial charge < -0.3 is 10.2 Å². The summed E-state index contributed by atoms with van der Waals surface area (Å²) >= 11 is 0. The van der Waals surface area contributed by atoms with Gasteiger partial charge in [-0.1, -0.05) is 12.1 Å². The fraction of sp³-hybridized carbons (Fsp3) is 0.389. The Morgan fingerprint density at radius 2 is 1.79 bits per heavy atom. The second-order valence-corrected chi connectivity index (χ2v) is 5.96. The first-order chi connectivity index (χ1) is 11.7. The van der Waals surface area contributed by atoms with Crippen LogP contribution >= 0.6 is 0 Å². The standard InChI is InChI=1S/C18H21FN4O/c19-15-6-4-14(5-7-15)10-11-20-17-9-8-16(21-22-17)18(24)23-12-2-1-3-13-23/h4-9H,1-3,10-13H2,(H,20,22).